The third-order valence-electron chi connectivity index (χ3n) is 5.97. The van der Waals surface area contributed by atoms with Gasteiger partial charge in [-0.25, -0.2) is 4.68 Å². The molecule has 4 rings (SSSR count). The Kier molecular flexibility index (Phi) is 6.48. The number of aromatic nitrogens is 3. The summed E-state index contributed by atoms with van der Waals surface area (Å²) >= 11 is 0. The molecule has 0 saturated carbocycles. The van der Waals surface area contributed by atoms with Gasteiger partial charge in [0.2, 0.25) is 0 Å². The van der Waals surface area contributed by atoms with E-state index >= 15 is 0 Å². The minimum absolute atomic E-state index is 0.0778. The van der Waals surface area contributed by atoms with Crippen LogP contribution in [0.1, 0.15) is 34.9 Å². The van der Waals surface area contributed by atoms with Crippen molar-refractivity contribution < 1.29 is 14.6 Å². The maximum absolute atomic E-state index is 12.4. The third kappa shape index (κ3) is 4.55. The molecule has 1 amide bonds. The van der Waals surface area contributed by atoms with Crippen molar-refractivity contribution in [3.05, 3.63) is 53.9 Å². The van der Waals surface area contributed by atoms with E-state index in [-0.39, 0.29) is 25.1 Å². The van der Waals surface area contributed by atoms with Crippen molar-refractivity contribution in [1.29, 1.82) is 0 Å². The Hall–Kier alpha value is -2.97. The van der Waals surface area contributed by atoms with Gasteiger partial charge in [0.25, 0.3) is 5.91 Å². The second kappa shape index (κ2) is 9.45. The lowest BCUT2D eigenvalue weighted by Crippen LogP contribution is -2.36. The van der Waals surface area contributed by atoms with E-state index in [0.717, 1.165) is 38.2 Å². The molecule has 3 aromatic rings. The summed E-state index contributed by atoms with van der Waals surface area (Å²) in [7, 11) is 3.37. The van der Waals surface area contributed by atoms with E-state index in [2.05, 4.69) is 45.5 Å². The lowest BCUT2D eigenvalue weighted by atomic mass is 10.0. The molecule has 31 heavy (non-hydrogen) atoms. The van der Waals surface area contributed by atoms with Gasteiger partial charge in [0.1, 0.15) is 5.75 Å². The zero-order valence-corrected chi connectivity index (χ0v) is 18.1. The number of hydrogen-bond donors (Lipinski definition) is 1. The second-order valence-corrected chi connectivity index (χ2v) is 8.03. The van der Waals surface area contributed by atoms with E-state index < -0.39 is 0 Å². The van der Waals surface area contributed by atoms with Crippen LogP contribution in [0.4, 0.5) is 0 Å². The molecule has 1 aliphatic rings. The van der Waals surface area contributed by atoms with Crippen LogP contribution in [0.15, 0.2) is 42.6 Å². The van der Waals surface area contributed by atoms with Crippen LogP contribution in [0.5, 0.6) is 5.75 Å². The average Bonchev–Trinajstić information content (AvgIpc) is 3.29. The predicted molar refractivity (Wildman–Crippen MR) is 118 cm³/mol. The molecule has 0 radical (unpaired) electrons. The molecule has 1 N–H and O–H groups in total. The highest BCUT2D eigenvalue weighted by Gasteiger charge is 2.25. The summed E-state index contributed by atoms with van der Waals surface area (Å²) in [5.41, 5.74) is 1.50. The van der Waals surface area contributed by atoms with Crippen LogP contribution >= 0.6 is 0 Å². The molecule has 1 unspecified atom stereocenters. The van der Waals surface area contributed by atoms with Gasteiger partial charge in [0.15, 0.2) is 5.69 Å². The van der Waals surface area contributed by atoms with Crippen molar-refractivity contribution in [2.75, 3.05) is 40.4 Å². The highest BCUT2D eigenvalue weighted by atomic mass is 16.5. The van der Waals surface area contributed by atoms with Crippen molar-refractivity contribution in [2.24, 2.45) is 0 Å². The van der Waals surface area contributed by atoms with E-state index in [0.29, 0.717) is 5.69 Å². The van der Waals surface area contributed by atoms with Crippen molar-refractivity contribution >= 4 is 16.7 Å². The van der Waals surface area contributed by atoms with Crippen molar-refractivity contribution in [3.8, 4) is 5.75 Å². The minimum atomic E-state index is -0.228. The summed E-state index contributed by atoms with van der Waals surface area (Å²) in [4.78, 5) is 16.3. The molecule has 8 heteroatoms. The highest BCUT2D eigenvalue weighted by molar-refractivity contribution is 5.91. The summed E-state index contributed by atoms with van der Waals surface area (Å²) in [6.07, 6.45) is 3.76. The van der Waals surface area contributed by atoms with Gasteiger partial charge in [0.05, 0.1) is 26.0 Å². The average molecular weight is 424 g/mol. The number of methoxy groups -OCH3 is 1. The fourth-order valence-corrected chi connectivity index (χ4v) is 4.28. The Morgan fingerprint density at radius 2 is 2.13 bits per heavy atom. The van der Waals surface area contributed by atoms with Crippen LogP contribution in [0, 0.1) is 0 Å². The predicted octanol–water partition coefficient (Wildman–Crippen LogP) is 2.34. The van der Waals surface area contributed by atoms with Gasteiger partial charge < -0.3 is 14.7 Å². The highest BCUT2D eigenvalue weighted by Crippen LogP contribution is 2.31. The zero-order chi connectivity index (χ0) is 21.8. The Morgan fingerprint density at radius 3 is 2.94 bits per heavy atom. The normalized spacial score (nSPS) is 17.1. The van der Waals surface area contributed by atoms with Gasteiger partial charge in [-0.1, -0.05) is 35.5 Å². The summed E-state index contributed by atoms with van der Waals surface area (Å²) in [5, 5.41) is 19.8. The lowest BCUT2D eigenvalue weighted by molar-refractivity contribution is 0.0761. The molecule has 0 spiro atoms. The first-order chi connectivity index (χ1) is 15.1. The Morgan fingerprint density at radius 1 is 1.29 bits per heavy atom. The second-order valence-electron chi connectivity index (χ2n) is 8.03. The van der Waals surface area contributed by atoms with Crippen LogP contribution < -0.4 is 4.74 Å². The van der Waals surface area contributed by atoms with Crippen molar-refractivity contribution in [2.45, 2.75) is 25.4 Å². The Bertz CT molecular complexity index is 1050. The van der Waals surface area contributed by atoms with Gasteiger partial charge in [-0.3, -0.25) is 9.69 Å². The van der Waals surface area contributed by atoms with Crippen LogP contribution in [0.3, 0.4) is 0 Å². The number of rotatable bonds is 7. The molecule has 1 aromatic heterocycles. The summed E-state index contributed by atoms with van der Waals surface area (Å²) in [6.45, 7) is 2.82. The van der Waals surface area contributed by atoms with E-state index in [1.165, 1.54) is 21.2 Å². The summed E-state index contributed by atoms with van der Waals surface area (Å²) in [6, 6.07) is 12.7. The van der Waals surface area contributed by atoms with Crippen LogP contribution in [-0.4, -0.2) is 76.2 Å². The standard InChI is InChI=1S/C23H29N5O3/c1-26(12-13-29)23(30)21-16-28(25-24-21)18-7-5-11-27(14-18)15-20-19-8-4-3-6-17(19)9-10-22(20)31-2/h3-4,6,8-10,16,18,29H,5,7,11-15H2,1-2H3. The Labute approximate surface area is 182 Å². The number of piperidine rings is 1. The maximum atomic E-state index is 12.4. The smallest absolute Gasteiger partial charge is 0.275 e. The molecule has 1 saturated heterocycles. The molecular formula is C23H29N5O3. The van der Waals surface area contributed by atoms with E-state index in [9.17, 15) is 4.79 Å². The first-order valence-corrected chi connectivity index (χ1v) is 10.7. The fourth-order valence-electron chi connectivity index (χ4n) is 4.28. The van der Waals surface area contributed by atoms with Crippen molar-refractivity contribution in [1.82, 2.24) is 24.8 Å². The molecule has 0 aliphatic carbocycles. The maximum Gasteiger partial charge on any atom is 0.275 e. The minimum Gasteiger partial charge on any atom is -0.496 e. The first-order valence-electron chi connectivity index (χ1n) is 10.7. The molecule has 8 nitrogen and oxygen atoms in total. The van der Waals surface area contributed by atoms with Gasteiger partial charge in [-0.15, -0.1) is 5.10 Å². The number of fused-ring (bicyclic) bond motifs is 1. The van der Waals surface area contributed by atoms with Gasteiger partial charge in [0, 0.05) is 32.2 Å². The molecule has 2 heterocycles. The van der Waals surface area contributed by atoms with Gasteiger partial charge in [-0.05, 0) is 36.2 Å². The lowest BCUT2D eigenvalue weighted by Gasteiger charge is -2.33. The quantitative estimate of drug-likeness (QED) is 0.628. The molecule has 1 fully saturated rings. The monoisotopic (exact) mass is 423 g/mol. The zero-order valence-electron chi connectivity index (χ0n) is 18.1. The first kappa shape index (κ1) is 21.3. The number of carbonyl (C=O) groups is 1. The number of ether oxygens (including phenoxy) is 1. The molecular weight excluding hydrogens is 394 g/mol. The number of aliphatic hydroxyl groups is 1. The largest absolute Gasteiger partial charge is 0.496 e. The molecule has 2 aromatic carbocycles. The number of nitrogens with zero attached hydrogens (tertiary/aromatic N) is 5. The number of benzene rings is 2. The summed E-state index contributed by atoms with van der Waals surface area (Å²) < 4.78 is 7.48. The molecule has 164 valence electrons. The number of likely N-dealkylation sites (N-methyl/N-ethyl adjacent to an activating group) is 1. The summed E-state index contributed by atoms with van der Waals surface area (Å²) in [5.74, 6) is 0.676. The third-order valence-corrected chi connectivity index (χ3v) is 5.97. The Balaban J connectivity index is 1.50. The number of hydrogen-bond acceptors (Lipinski definition) is 6. The van der Waals surface area contributed by atoms with Crippen LogP contribution in [0.2, 0.25) is 0 Å². The van der Waals surface area contributed by atoms with Gasteiger partial charge in [-0.2, -0.15) is 0 Å². The number of carbonyl (C=O) groups excluding carboxylic acids is 1. The number of likely N-dealkylation sites (tertiary alicyclic amines) is 1. The molecule has 1 aliphatic heterocycles. The molecule has 0 bridgehead atoms. The SMILES string of the molecule is COc1ccc2ccccc2c1CN1CCCC(n2cc(C(=O)N(C)CCO)nn2)C1. The number of aliphatic hydroxyl groups excluding tert-OH is 1. The molecule has 1 atom stereocenters. The van der Waals surface area contributed by atoms with E-state index in [1.807, 2.05) is 10.7 Å². The van der Waals surface area contributed by atoms with Crippen LogP contribution in [-0.2, 0) is 6.54 Å². The van der Waals surface area contributed by atoms with Crippen molar-refractivity contribution in [3.63, 3.8) is 0 Å². The fraction of sp³-hybridized carbons (Fsp3) is 0.435. The number of amides is 1. The van der Waals surface area contributed by atoms with Crippen LogP contribution in [0.25, 0.3) is 10.8 Å². The van der Waals surface area contributed by atoms with E-state index in [4.69, 9.17) is 9.84 Å². The topological polar surface area (TPSA) is 83.7 Å². The van der Waals surface area contributed by atoms with Gasteiger partial charge >= 0.3 is 0 Å². The van der Waals surface area contributed by atoms with E-state index in [1.54, 1.807) is 20.4 Å².